The highest BCUT2D eigenvalue weighted by atomic mass is 19.1. The van der Waals surface area contributed by atoms with Crippen molar-refractivity contribution in [2.75, 3.05) is 5.32 Å². The molecule has 2 N–H and O–H groups in total. The van der Waals surface area contributed by atoms with Crippen molar-refractivity contribution in [2.24, 2.45) is 0 Å². The van der Waals surface area contributed by atoms with Crippen LogP contribution >= 0.6 is 0 Å². The third-order valence-corrected chi connectivity index (χ3v) is 4.89. The molecule has 0 aliphatic carbocycles. The molecular weight excluding hydrogens is 423 g/mol. The van der Waals surface area contributed by atoms with Gasteiger partial charge in [-0.15, -0.1) is 0 Å². The number of carbonyl (C=O) groups is 2. The van der Waals surface area contributed by atoms with Gasteiger partial charge in [0.15, 0.2) is 0 Å². The number of benzene rings is 2. The lowest BCUT2D eigenvalue weighted by molar-refractivity contribution is -0.120. The van der Waals surface area contributed by atoms with E-state index in [1.807, 2.05) is 6.07 Å². The molecule has 2 amide bonds. The van der Waals surface area contributed by atoms with Gasteiger partial charge in [0.2, 0.25) is 11.8 Å². The van der Waals surface area contributed by atoms with Crippen molar-refractivity contribution in [3.05, 3.63) is 101 Å². The molecule has 0 atom stereocenters. The zero-order chi connectivity index (χ0) is 23.2. The number of anilines is 1. The quantitative estimate of drug-likeness (QED) is 0.443. The summed E-state index contributed by atoms with van der Waals surface area (Å²) in [5.41, 5.74) is 2.89. The molecule has 0 aliphatic heterocycles. The van der Waals surface area contributed by atoms with Gasteiger partial charge < -0.3 is 15.1 Å². The van der Waals surface area contributed by atoms with Gasteiger partial charge in [-0.05, 0) is 55.0 Å². The van der Waals surface area contributed by atoms with Crippen LogP contribution in [0.3, 0.4) is 0 Å². The van der Waals surface area contributed by atoms with E-state index in [0.29, 0.717) is 34.3 Å². The Bertz CT molecular complexity index is 1270. The molecule has 0 bridgehead atoms. The first kappa shape index (κ1) is 21.9. The molecule has 4 rings (SSSR count). The third-order valence-electron chi connectivity index (χ3n) is 4.89. The first-order valence-corrected chi connectivity index (χ1v) is 10.3. The number of aryl methyl sites for hydroxylation is 1. The maximum absolute atomic E-state index is 13.0. The van der Waals surface area contributed by atoms with Crippen LogP contribution in [0.5, 0.6) is 0 Å². The summed E-state index contributed by atoms with van der Waals surface area (Å²) in [7, 11) is 0. The molecular formula is C25H21FN4O3. The van der Waals surface area contributed by atoms with Crippen LogP contribution in [0, 0.1) is 12.7 Å². The maximum atomic E-state index is 13.0. The molecule has 166 valence electrons. The Hall–Kier alpha value is -4.33. The molecule has 0 saturated heterocycles. The summed E-state index contributed by atoms with van der Waals surface area (Å²) in [4.78, 5) is 33.1. The van der Waals surface area contributed by atoms with E-state index in [0.717, 1.165) is 5.56 Å². The summed E-state index contributed by atoms with van der Waals surface area (Å²) in [5, 5.41) is 5.61. The smallest absolute Gasteiger partial charge is 0.274 e. The normalized spacial score (nSPS) is 10.6. The van der Waals surface area contributed by atoms with E-state index in [1.165, 1.54) is 12.1 Å². The Morgan fingerprint density at radius 3 is 2.61 bits per heavy atom. The number of oxazole rings is 1. The summed E-state index contributed by atoms with van der Waals surface area (Å²) in [6, 6.07) is 18.0. The van der Waals surface area contributed by atoms with E-state index in [4.69, 9.17) is 4.42 Å². The third kappa shape index (κ3) is 5.68. The zero-order valence-corrected chi connectivity index (χ0v) is 17.8. The summed E-state index contributed by atoms with van der Waals surface area (Å²) in [5.74, 6) is 0.0928. The lowest BCUT2D eigenvalue weighted by atomic mass is 10.1. The van der Waals surface area contributed by atoms with Gasteiger partial charge in [-0.25, -0.2) is 9.37 Å². The van der Waals surface area contributed by atoms with Crippen LogP contribution in [0.15, 0.2) is 77.3 Å². The number of hydrogen-bond acceptors (Lipinski definition) is 5. The van der Waals surface area contributed by atoms with Crippen molar-refractivity contribution in [3.63, 3.8) is 0 Å². The average Bonchev–Trinajstić information content (AvgIpc) is 3.20. The molecule has 2 aromatic carbocycles. The molecule has 0 spiro atoms. The van der Waals surface area contributed by atoms with Crippen LogP contribution < -0.4 is 10.6 Å². The second-order valence-corrected chi connectivity index (χ2v) is 7.35. The molecule has 8 heteroatoms. The van der Waals surface area contributed by atoms with Crippen LogP contribution in [-0.2, 0) is 17.8 Å². The fourth-order valence-electron chi connectivity index (χ4n) is 3.17. The van der Waals surface area contributed by atoms with Crippen molar-refractivity contribution in [3.8, 4) is 11.5 Å². The Kier molecular flexibility index (Phi) is 6.54. The summed E-state index contributed by atoms with van der Waals surface area (Å²) in [6.45, 7) is 1.97. The monoisotopic (exact) mass is 444 g/mol. The molecule has 33 heavy (non-hydrogen) atoms. The number of amides is 2. The van der Waals surface area contributed by atoms with Crippen LogP contribution in [0.25, 0.3) is 11.5 Å². The minimum Gasteiger partial charge on any atom is -0.441 e. The van der Waals surface area contributed by atoms with Gasteiger partial charge in [-0.1, -0.05) is 24.3 Å². The number of halogens is 1. The van der Waals surface area contributed by atoms with Crippen molar-refractivity contribution in [2.45, 2.75) is 19.9 Å². The largest absolute Gasteiger partial charge is 0.441 e. The second kappa shape index (κ2) is 9.86. The first-order chi connectivity index (χ1) is 16.0. The molecule has 4 aromatic rings. The summed E-state index contributed by atoms with van der Waals surface area (Å²) >= 11 is 0. The van der Waals surface area contributed by atoms with E-state index in [-0.39, 0.29) is 30.6 Å². The summed E-state index contributed by atoms with van der Waals surface area (Å²) in [6.07, 6.45) is 1.70. The average molecular weight is 444 g/mol. The molecule has 0 radical (unpaired) electrons. The van der Waals surface area contributed by atoms with Crippen LogP contribution in [0.2, 0.25) is 0 Å². The highest BCUT2D eigenvalue weighted by Gasteiger charge is 2.14. The molecule has 2 heterocycles. The zero-order valence-electron chi connectivity index (χ0n) is 17.8. The Balaban J connectivity index is 1.40. The fraction of sp³-hybridized carbons (Fsp3) is 0.120. The Morgan fingerprint density at radius 1 is 1.03 bits per heavy atom. The number of nitrogens with zero attached hydrogens (tertiary/aromatic N) is 2. The maximum Gasteiger partial charge on any atom is 0.274 e. The van der Waals surface area contributed by atoms with E-state index in [1.54, 1.807) is 61.7 Å². The minimum atomic E-state index is -0.342. The second-order valence-electron chi connectivity index (χ2n) is 7.35. The highest BCUT2D eigenvalue weighted by molar-refractivity contribution is 6.03. The van der Waals surface area contributed by atoms with Gasteiger partial charge in [0, 0.05) is 17.4 Å². The fourth-order valence-corrected chi connectivity index (χ4v) is 3.17. The van der Waals surface area contributed by atoms with Gasteiger partial charge in [-0.2, -0.15) is 0 Å². The van der Waals surface area contributed by atoms with Crippen LogP contribution in [0.1, 0.15) is 27.5 Å². The van der Waals surface area contributed by atoms with Gasteiger partial charge in [-0.3, -0.25) is 14.6 Å². The van der Waals surface area contributed by atoms with Crippen LogP contribution in [0.4, 0.5) is 10.1 Å². The van der Waals surface area contributed by atoms with Crippen molar-refractivity contribution >= 4 is 17.5 Å². The highest BCUT2D eigenvalue weighted by Crippen LogP contribution is 2.24. The van der Waals surface area contributed by atoms with E-state index >= 15 is 0 Å². The van der Waals surface area contributed by atoms with Gasteiger partial charge >= 0.3 is 0 Å². The first-order valence-electron chi connectivity index (χ1n) is 10.3. The van der Waals surface area contributed by atoms with E-state index in [9.17, 15) is 14.0 Å². The van der Waals surface area contributed by atoms with Crippen molar-refractivity contribution < 1.29 is 18.4 Å². The predicted octanol–water partition coefficient (Wildman–Crippen LogP) is 4.30. The summed E-state index contributed by atoms with van der Waals surface area (Å²) < 4.78 is 18.8. The minimum absolute atomic E-state index is 0.141. The number of aromatic nitrogens is 2. The van der Waals surface area contributed by atoms with E-state index < -0.39 is 0 Å². The number of carbonyl (C=O) groups excluding carboxylic acids is 2. The van der Waals surface area contributed by atoms with Gasteiger partial charge in [0.25, 0.3) is 5.91 Å². The Labute approximate surface area is 189 Å². The lowest BCUT2D eigenvalue weighted by Gasteiger charge is -2.05. The van der Waals surface area contributed by atoms with Gasteiger partial charge in [0.05, 0.1) is 13.0 Å². The van der Waals surface area contributed by atoms with Crippen molar-refractivity contribution in [1.82, 2.24) is 15.3 Å². The number of hydrogen-bond donors (Lipinski definition) is 2. The number of nitrogens with one attached hydrogen (secondary N) is 2. The van der Waals surface area contributed by atoms with Crippen LogP contribution in [-0.4, -0.2) is 21.8 Å². The molecule has 0 aliphatic rings. The number of pyridine rings is 1. The van der Waals surface area contributed by atoms with Gasteiger partial charge in [0.1, 0.15) is 23.0 Å². The standard InChI is InChI=1S/C25H21FN4O3/c1-16-22(15-28-23(31)13-17-8-10-19(26)11-9-17)30-25(33-16)18-5-4-6-20(14-18)29-24(32)21-7-2-3-12-27-21/h2-12,14H,13,15H2,1H3,(H,28,31)(H,29,32). The SMILES string of the molecule is Cc1oc(-c2cccc(NC(=O)c3ccccn3)c2)nc1CNC(=O)Cc1ccc(F)cc1. The van der Waals surface area contributed by atoms with Crippen molar-refractivity contribution in [1.29, 1.82) is 0 Å². The Morgan fingerprint density at radius 2 is 1.85 bits per heavy atom. The molecule has 0 fully saturated rings. The predicted molar refractivity (Wildman–Crippen MR) is 121 cm³/mol. The molecule has 0 unspecified atom stereocenters. The van der Waals surface area contributed by atoms with E-state index in [2.05, 4.69) is 20.6 Å². The molecule has 2 aromatic heterocycles. The topological polar surface area (TPSA) is 97.1 Å². The number of rotatable bonds is 7. The molecule has 0 saturated carbocycles. The lowest BCUT2D eigenvalue weighted by Crippen LogP contribution is -2.25. The molecule has 7 nitrogen and oxygen atoms in total.